The number of fused-ring (bicyclic) bond motifs is 3. The molecule has 1 aromatic heterocycles. The Balaban J connectivity index is 1.69. The predicted octanol–water partition coefficient (Wildman–Crippen LogP) is 1.04. The number of amides is 1. The van der Waals surface area contributed by atoms with Crippen LogP contribution >= 0.6 is 0 Å². The van der Waals surface area contributed by atoms with E-state index in [4.69, 9.17) is 5.73 Å². The number of primary amides is 1. The van der Waals surface area contributed by atoms with Gasteiger partial charge >= 0.3 is 0 Å². The summed E-state index contributed by atoms with van der Waals surface area (Å²) < 4.78 is 0. The summed E-state index contributed by atoms with van der Waals surface area (Å²) in [7, 11) is 0. The van der Waals surface area contributed by atoms with Gasteiger partial charge in [0, 0.05) is 35.9 Å². The molecule has 168 valence electrons. The van der Waals surface area contributed by atoms with Crippen LogP contribution in [-0.4, -0.2) is 53.5 Å². The summed E-state index contributed by atoms with van der Waals surface area (Å²) in [6, 6.07) is 4.56. The van der Waals surface area contributed by atoms with Crippen LogP contribution < -0.4 is 5.73 Å². The number of nitrogens with two attached hydrogens (primary N) is 1. The van der Waals surface area contributed by atoms with Gasteiger partial charge in [0.15, 0.2) is 17.2 Å². The van der Waals surface area contributed by atoms with Crippen molar-refractivity contribution in [3.63, 3.8) is 0 Å². The summed E-state index contributed by atoms with van der Waals surface area (Å²) in [5, 5.41) is 42.9. The zero-order chi connectivity index (χ0) is 23.7. The van der Waals surface area contributed by atoms with Gasteiger partial charge in [-0.25, -0.2) is 9.97 Å². The van der Waals surface area contributed by atoms with Crippen molar-refractivity contribution in [3.8, 4) is 17.1 Å². The molecule has 0 spiro atoms. The largest absolute Gasteiger partial charge is 0.511 e. The van der Waals surface area contributed by atoms with Crippen molar-refractivity contribution < 1.29 is 34.8 Å². The summed E-state index contributed by atoms with van der Waals surface area (Å²) in [6.45, 7) is 0. The topological polar surface area (TPSA) is 184 Å². The maximum atomic E-state index is 13.5. The number of benzene rings is 1. The molecule has 3 aliphatic carbocycles. The van der Waals surface area contributed by atoms with E-state index in [0.717, 1.165) is 0 Å². The van der Waals surface area contributed by atoms with E-state index in [9.17, 15) is 34.8 Å². The average molecular weight is 449 g/mol. The molecule has 3 atom stereocenters. The Labute approximate surface area is 186 Å². The molecule has 0 saturated carbocycles. The van der Waals surface area contributed by atoms with Crippen LogP contribution in [0.15, 0.2) is 53.3 Å². The minimum absolute atomic E-state index is 0.0632. The number of phenolic OH excluding ortho intramolecular Hbond substituents is 1. The van der Waals surface area contributed by atoms with Gasteiger partial charge < -0.3 is 26.2 Å². The number of carbonyl (C=O) groups excluding carboxylic acids is 3. The molecule has 0 fully saturated rings. The molecule has 10 heteroatoms. The number of Topliss-reactive ketones (excluding diaryl/α,β-unsaturated/α-hetero) is 2. The van der Waals surface area contributed by atoms with Crippen LogP contribution in [0.4, 0.5) is 0 Å². The van der Waals surface area contributed by atoms with Gasteiger partial charge in [0.25, 0.3) is 5.91 Å². The summed E-state index contributed by atoms with van der Waals surface area (Å²) in [6.07, 6.45) is 3.07. The second-order valence-corrected chi connectivity index (χ2v) is 8.47. The van der Waals surface area contributed by atoms with E-state index in [0.29, 0.717) is 17.0 Å². The molecule has 0 aliphatic heterocycles. The molecule has 5 rings (SSSR count). The number of aromatic hydroxyl groups is 1. The van der Waals surface area contributed by atoms with Gasteiger partial charge in [-0.3, -0.25) is 14.4 Å². The molecule has 1 heterocycles. The van der Waals surface area contributed by atoms with Crippen LogP contribution in [0.5, 0.6) is 5.75 Å². The zero-order valence-corrected chi connectivity index (χ0v) is 17.1. The maximum Gasteiger partial charge on any atom is 0.255 e. The summed E-state index contributed by atoms with van der Waals surface area (Å²) in [5.41, 5.74) is 2.56. The Morgan fingerprint density at radius 3 is 2.45 bits per heavy atom. The first-order valence-electron chi connectivity index (χ1n) is 10.3. The SMILES string of the molecule is NC(=O)C1=C(O)C[C@@H]2C[C@@H]3Cc4c(-c5ncccn5)ccc(O)c4C(=O)C3=C(O)[C@]2(O)C1=O. The quantitative estimate of drug-likeness (QED) is 0.418. The molecule has 1 amide bonds. The number of rotatable bonds is 2. The Hall–Kier alpha value is -4.05. The second kappa shape index (κ2) is 6.97. The third kappa shape index (κ3) is 2.74. The van der Waals surface area contributed by atoms with E-state index in [1.165, 1.54) is 6.07 Å². The fourth-order valence-corrected chi connectivity index (χ4v) is 5.27. The molecule has 0 saturated heterocycles. The first-order chi connectivity index (χ1) is 15.7. The summed E-state index contributed by atoms with van der Waals surface area (Å²) in [5.74, 6) is -6.24. The van der Waals surface area contributed by atoms with Crippen LogP contribution in [0.25, 0.3) is 11.4 Å². The second-order valence-electron chi connectivity index (χ2n) is 8.47. The number of phenols is 1. The van der Waals surface area contributed by atoms with Gasteiger partial charge in [0.05, 0.1) is 5.56 Å². The predicted molar refractivity (Wildman–Crippen MR) is 112 cm³/mol. The van der Waals surface area contributed by atoms with Crippen molar-refractivity contribution in [2.24, 2.45) is 17.6 Å². The van der Waals surface area contributed by atoms with Gasteiger partial charge in [-0.15, -0.1) is 0 Å². The Kier molecular flexibility index (Phi) is 4.40. The van der Waals surface area contributed by atoms with Crippen molar-refractivity contribution in [1.29, 1.82) is 0 Å². The van der Waals surface area contributed by atoms with Crippen molar-refractivity contribution in [1.82, 2.24) is 9.97 Å². The molecule has 6 N–H and O–H groups in total. The van der Waals surface area contributed by atoms with Crippen molar-refractivity contribution in [3.05, 3.63) is 64.4 Å². The molecule has 1 aromatic carbocycles. The Morgan fingerprint density at radius 1 is 1.09 bits per heavy atom. The minimum atomic E-state index is -2.58. The first kappa shape index (κ1) is 20.8. The van der Waals surface area contributed by atoms with Crippen LogP contribution in [0.3, 0.4) is 0 Å². The smallest absolute Gasteiger partial charge is 0.255 e. The third-order valence-corrected chi connectivity index (χ3v) is 6.75. The Bertz CT molecular complexity index is 1310. The van der Waals surface area contributed by atoms with E-state index in [1.54, 1.807) is 24.5 Å². The van der Waals surface area contributed by atoms with Crippen LogP contribution in [0.2, 0.25) is 0 Å². The highest BCUT2D eigenvalue weighted by Crippen LogP contribution is 2.52. The number of aromatic nitrogens is 2. The monoisotopic (exact) mass is 449 g/mol. The molecule has 0 unspecified atom stereocenters. The molecule has 3 aliphatic rings. The number of aliphatic hydroxyl groups excluding tert-OH is 2. The molecule has 0 bridgehead atoms. The average Bonchev–Trinajstić information content (AvgIpc) is 2.76. The number of hydrogen-bond acceptors (Lipinski definition) is 9. The van der Waals surface area contributed by atoms with Crippen molar-refractivity contribution >= 4 is 17.5 Å². The minimum Gasteiger partial charge on any atom is -0.511 e. The molecule has 33 heavy (non-hydrogen) atoms. The highest BCUT2D eigenvalue weighted by atomic mass is 16.3. The Morgan fingerprint density at radius 2 is 1.79 bits per heavy atom. The standard InChI is InChI=1S/C23H19N3O7/c24-21(32)17-14(28)8-10-6-9-7-12-11(22-25-4-1-5-26-22)2-3-13(27)16(12)18(29)15(9)19(30)23(10,33)20(17)31/h1-5,9-10,27-28,30,33H,6-8H2,(H2,24,32)/t9-,10+,23+/m1/s1. The molecule has 2 aromatic rings. The van der Waals surface area contributed by atoms with E-state index in [-0.39, 0.29) is 36.1 Å². The van der Waals surface area contributed by atoms with Crippen LogP contribution in [0.1, 0.15) is 28.8 Å². The van der Waals surface area contributed by atoms with Crippen molar-refractivity contribution in [2.75, 3.05) is 0 Å². The van der Waals surface area contributed by atoms with Crippen LogP contribution in [-0.2, 0) is 16.0 Å². The summed E-state index contributed by atoms with van der Waals surface area (Å²) in [4.78, 5) is 46.5. The highest BCUT2D eigenvalue weighted by molar-refractivity contribution is 6.24. The number of hydrogen-bond donors (Lipinski definition) is 5. The van der Waals surface area contributed by atoms with E-state index >= 15 is 0 Å². The van der Waals surface area contributed by atoms with Gasteiger partial charge in [-0.1, -0.05) is 0 Å². The lowest BCUT2D eigenvalue weighted by atomic mass is 9.60. The van der Waals surface area contributed by atoms with E-state index in [1.807, 2.05) is 0 Å². The summed E-state index contributed by atoms with van der Waals surface area (Å²) >= 11 is 0. The molecular weight excluding hydrogens is 430 g/mol. The fourth-order valence-electron chi connectivity index (χ4n) is 5.27. The van der Waals surface area contributed by atoms with Gasteiger partial charge in [0.2, 0.25) is 5.78 Å². The lowest BCUT2D eigenvalue weighted by molar-refractivity contribution is -0.144. The lowest BCUT2D eigenvalue weighted by Crippen LogP contribution is -2.57. The van der Waals surface area contributed by atoms with Gasteiger partial charge in [-0.2, -0.15) is 0 Å². The number of ketones is 2. The number of allylic oxidation sites excluding steroid dienone is 2. The number of carbonyl (C=O) groups is 3. The number of nitrogens with zero attached hydrogens (tertiary/aromatic N) is 2. The number of aliphatic hydroxyl groups is 3. The molecule has 0 radical (unpaired) electrons. The maximum absolute atomic E-state index is 13.5. The van der Waals surface area contributed by atoms with Crippen molar-refractivity contribution in [2.45, 2.75) is 24.9 Å². The van der Waals surface area contributed by atoms with E-state index in [2.05, 4.69) is 9.97 Å². The molecule has 10 nitrogen and oxygen atoms in total. The fraction of sp³-hybridized carbons (Fsp3) is 0.261. The third-order valence-electron chi connectivity index (χ3n) is 6.75. The first-order valence-corrected chi connectivity index (χ1v) is 10.3. The van der Waals surface area contributed by atoms with Gasteiger partial charge in [0.1, 0.15) is 22.8 Å². The normalized spacial score (nSPS) is 26.6. The van der Waals surface area contributed by atoms with E-state index < -0.39 is 52.0 Å². The lowest BCUT2D eigenvalue weighted by Gasteiger charge is -2.45. The highest BCUT2D eigenvalue weighted by Gasteiger charge is 2.59. The van der Waals surface area contributed by atoms with Crippen LogP contribution in [0, 0.1) is 11.8 Å². The molecular formula is C23H19N3O7. The zero-order valence-electron chi connectivity index (χ0n) is 17.1. The van der Waals surface area contributed by atoms with Gasteiger partial charge in [-0.05, 0) is 42.5 Å².